The fourth-order valence-electron chi connectivity index (χ4n) is 2.44. The van der Waals surface area contributed by atoms with Crippen molar-refractivity contribution in [3.8, 4) is 5.88 Å². The number of aliphatic hydroxyl groups excluding tert-OH is 1. The Balaban J connectivity index is 1.72. The van der Waals surface area contributed by atoms with Crippen molar-refractivity contribution in [3.63, 3.8) is 0 Å². The number of hydrogen-bond donors (Lipinski definition) is 1. The number of fused-ring (bicyclic) bond motifs is 3. The van der Waals surface area contributed by atoms with Gasteiger partial charge < -0.3 is 9.84 Å². The molecule has 23 heavy (non-hydrogen) atoms. The van der Waals surface area contributed by atoms with E-state index >= 15 is 0 Å². The van der Waals surface area contributed by atoms with Gasteiger partial charge in [-0.05, 0) is 18.2 Å². The van der Waals surface area contributed by atoms with Crippen LogP contribution < -0.4 is 4.74 Å². The number of hydrogen-bond acceptors (Lipinski definition) is 6. The Kier molecular flexibility index (Phi) is 3.32. The van der Waals surface area contributed by atoms with Gasteiger partial charge in [0.1, 0.15) is 12.9 Å². The van der Waals surface area contributed by atoms with Crippen LogP contribution >= 0.6 is 0 Å². The topological polar surface area (TPSA) is 85.4 Å². The number of rotatable bonds is 4. The highest BCUT2D eigenvalue weighted by Crippen LogP contribution is 2.26. The molecule has 0 aliphatic heterocycles. The van der Waals surface area contributed by atoms with Crippen LogP contribution in [0.4, 0.5) is 0 Å². The summed E-state index contributed by atoms with van der Waals surface area (Å²) >= 11 is 0. The molecule has 0 bridgehead atoms. The SMILES string of the molecule is OCc1cccc(COc2nn3cnnc3c3ccccc23)n1. The molecular formula is C16H13N5O2. The van der Waals surface area contributed by atoms with E-state index in [1.807, 2.05) is 36.4 Å². The number of ether oxygens (including phenoxy) is 1. The van der Waals surface area contributed by atoms with Gasteiger partial charge in [-0.3, -0.25) is 4.98 Å². The van der Waals surface area contributed by atoms with Crippen LogP contribution in [-0.2, 0) is 13.2 Å². The first-order valence-electron chi connectivity index (χ1n) is 7.12. The van der Waals surface area contributed by atoms with Crippen molar-refractivity contribution < 1.29 is 9.84 Å². The normalized spacial score (nSPS) is 11.2. The zero-order chi connectivity index (χ0) is 15.6. The van der Waals surface area contributed by atoms with Crippen molar-refractivity contribution in [1.29, 1.82) is 0 Å². The summed E-state index contributed by atoms with van der Waals surface area (Å²) in [5.41, 5.74) is 2.03. The van der Waals surface area contributed by atoms with E-state index in [0.717, 1.165) is 16.5 Å². The van der Waals surface area contributed by atoms with Crippen LogP contribution in [0.5, 0.6) is 5.88 Å². The van der Waals surface area contributed by atoms with E-state index in [4.69, 9.17) is 9.84 Å². The molecule has 0 saturated carbocycles. The Hall–Kier alpha value is -3.06. The second kappa shape index (κ2) is 5.62. The van der Waals surface area contributed by atoms with Gasteiger partial charge in [-0.25, -0.2) is 0 Å². The highest BCUT2D eigenvalue weighted by atomic mass is 16.5. The lowest BCUT2D eigenvalue weighted by Crippen LogP contribution is -2.04. The number of aromatic nitrogens is 5. The van der Waals surface area contributed by atoms with Crippen molar-refractivity contribution in [2.45, 2.75) is 13.2 Å². The van der Waals surface area contributed by atoms with Crippen LogP contribution in [0, 0.1) is 0 Å². The third-order valence-corrected chi connectivity index (χ3v) is 3.51. The first-order valence-corrected chi connectivity index (χ1v) is 7.12. The molecule has 7 nitrogen and oxygen atoms in total. The molecule has 7 heteroatoms. The van der Waals surface area contributed by atoms with Crippen LogP contribution in [-0.4, -0.2) is 29.9 Å². The smallest absolute Gasteiger partial charge is 0.240 e. The molecule has 0 spiro atoms. The van der Waals surface area contributed by atoms with Gasteiger partial charge >= 0.3 is 0 Å². The Bertz CT molecular complexity index is 982. The Morgan fingerprint density at radius 1 is 1.00 bits per heavy atom. The lowest BCUT2D eigenvalue weighted by molar-refractivity contribution is 0.270. The minimum absolute atomic E-state index is 0.0955. The van der Waals surface area contributed by atoms with Crippen molar-refractivity contribution >= 4 is 16.4 Å². The maximum atomic E-state index is 9.15. The van der Waals surface area contributed by atoms with Crippen LogP contribution in [0.1, 0.15) is 11.4 Å². The summed E-state index contributed by atoms with van der Waals surface area (Å²) in [7, 11) is 0. The Labute approximate surface area is 131 Å². The maximum Gasteiger partial charge on any atom is 0.240 e. The molecule has 0 radical (unpaired) electrons. The van der Waals surface area contributed by atoms with Crippen molar-refractivity contribution in [2.75, 3.05) is 0 Å². The van der Waals surface area contributed by atoms with Gasteiger partial charge in [-0.15, -0.1) is 15.3 Å². The van der Waals surface area contributed by atoms with Crippen LogP contribution in [0.3, 0.4) is 0 Å². The average Bonchev–Trinajstić information content (AvgIpc) is 3.08. The molecule has 3 aromatic heterocycles. The summed E-state index contributed by atoms with van der Waals surface area (Å²) in [6, 6.07) is 13.2. The molecule has 0 aliphatic carbocycles. The van der Waals surface area contributed by atoms with Crippen molar-refractivity contribution in [3.05, 3.63) is 60.2 Å². The van der Waals surface area contributed by atoms with Gasteiger partial charge in [0.25, 0.3) is 0 Å². The van der Waals surface area contributed by atoms with E-state index in [1.54, 1.807) is 16.9 Å². The molecule has 0 atom stereocenters. The number of benzene rings is 1. The molecule has 0 aliphatic rings. The van der Waals surface area contributed by atoms with Gasteiger partial charge in [0.2, 0.25) is 5.88 Å². The van der Waals surface area contributed by atoms with E-state index in [1.165, 1.54) is 0 Å². The molecule has 4 rings (SSSR count). The van der Waals surface area contributed by atoms with E-state index in [0.29, 0.717) is 17.2 Å². The molecule has 1 N–H and O–H groups in total. The Morgan fingerprint density at radius 3 is 2.70 bits per heavy atom. The second-order valence-corrected chi connectivity index (χ2v) is 5.02. The summed E-state index contributed by atoms with van der Waals surface area (Å²) < 4.78 is 7.44. The number of aliphatic hydroxyl groups is 1. The minimum atomic E-state index is -0.0955. The summed E-state index contributed by atoms with van der Waals surface area (Å²) in [6.45, 7) is 0.167. The van der Waals surface area contributed by atoms with E-state index in [-0.39, 0.29) is 13.2 Å². The molecule has 0 fully saturated rings. The summed E-state index contributed by atoms with van der Waals surface area (Å²) in [5, 5.41) is 23.3. The van der Waals surface area contributed by atoms with Gasteiger partial charge in [0.15, 0.2) is 5.65 Å². The Morgan fingerprint density at radius 2 is 1.83 bits per heavy atom. The van der Waals surface area contributed by atoms with Crippen LogP contribution in [0.15, 0.2) is 48.8 Å². The first kappa shape index (κ1) is 13.6. The van der Waals surface area contributed by atoms with Gasteiger partial charge in [0, 0.05) is 10.8 Å². The maximum absolute atomic E-state index is 9.15. The van der Waals surface area contributed by atoms with Crippen LogP contribution in [0.2, 0.25) is 0 Å². The van der Waals surface area contributed by atoms with E-state index in [9.17, 15) is 0 Å². The molecule has 1 aromatic carbocycles. The third kappa shape index (κ3) is 2.47. The molecule has 0 unspecified atom stereocenters. The molecule has 0 saturated heterocycles. The lowest BCUT2D eigenvalue weighted by Gasteiger charge is -2.09. The molecule has 114 valence electrons. The lowest BCUT2D eigenvalue weighted by atomic mass is 10.2. The molecule has 0 amide bonds. The second-order valence-electron chi connectivity index (χ2n) is 5.02. The predicted octanol–water partition coefficient (Wildman–Crippen LogP) is 1.74. The molecule has 3 heterocycles. The summed E-state index contributed by atoms with van der Waals surface area (Å²) in [5.74, 6) is 0.490. The third-order valence-electron chi connectivity index (χ3n) is 3.51. The minimum Gasteiger partial charge on any atom is -0.470 e. The van der Waals surface area contributed by atoms with Gasteiger partial charge in [-0.2, -0.15) is 4.52 Å². The van der Waals surface area contributed by atoms with E-state index < -0.39 is 0 Å². The monoisotopic (exact) mass is 307 g/mol. The molecule has 4 aromatic rings. The first-order chi connectivity index (χ1) is 11.3. The quantitative estimate of drug-likeness (QED) is 0.618. The summed E-state index contributed by atoms with van der Waals surface area (Å²) in [4.78, 5) is 4.30. The zero-order valence-electron chi connectivity index (χ0n) is 12.1. The number of nitrogens with zero attached hydrogens (tertiary/aromatic N) is 5. The zero-order valence-corrected chi connectivity index (χ0v) is 12.1. The van der Waals surface area contributed by atoms with E-state index in [2.05, 4.69) is 20.3 Å². The average molecular weight is 307 g/mol. The largest absolute Gasteiger partial charge is 0.470 e. The standard InChI is InChI=1S/C16H13N5O2/c22-8-11-4-3-5-12(18-11)9-23-16-14-7-2-1-6-13(14)15-19-17-10-21(15)20-16/h1-7,10,22H,8-9H2. The fourth-order valence-corrected chi connectivity index (χ4v) is 2.44. The van der Waals surface area contributed by atoms with Crippen LogP contribution in [0.25, 0.3) is 16.4 Å². The van der Waals surface area contributed by atoms with Crippen molar-refractivity contribution in [1.82, 2.24) is 24.8 Å². The highest BCUT2D eigenvalue weighted by Gasteiger charge is 2.11. The summed E-state index contributed by atoms with van der Waals surface area (Å²) in [6.07, 6.45) is 1.54. The molecular weight excluding hydrogens is 294 g/mol. The fraction of sp³-hybridized carbons (Fsp3) is 0.125. The van der Waals surface area contributed by atoms with Gasteiger partial charge in [0.05, 0.1) is 18.0 Å². The highest BCUT2D eigenvalue weighted by molar-refractivity contribution is 5.96. The van der Waals surface area contributed by atoms with Gasteiger partial charge in [-0.1, -0.05) is 24.3 Å². The predicted molar refractivity (Wildman–Crippen MR) is 82.8 cm³/mol. The number of pyridine rings is 1. The van der Waals surface area contributed by atoms with Crippen molar-refractivity contribution in [2.24, 2.45) is 0 Å².